The molecule has 0 amide bonds. The van der Waals surface area contributed by atoms with Crippen molar-refractivity contribution in [1.82, 2.24) is 20.2 Å². The van der Waals surface area contributed by atoms with E-state index < -0.39 is 0 Å². The molecule has 2 aromatic rings. The summed E-state index contributed by atoms with van der Waals surface area (Å²) in [6.07, 6.45) is 1.02. The number of nitrogens with one attached hydrogen (secondary N) is 2. The van der Waals surface area contributed by atoms with E-state index in [-0.39, 0.29) is 5.95 Å². The van der Waals surface area contributed by atoms with Gasteiger partial charge in [-0.25, -0.2) is 0 Å². The molecular weight excluding hydrogens is 204 g/mol. The van der Waals surface area contributed by atoms with Crippen molar-refractivity contribution in [3.8, 4) is 0 Å². The zero-order valence-electron chi connectivity index (χ0n) is 9.70. The van der Waals surface area contributed by atoms with Crippen LogP contribution in [0.25, 0.3) is 11.0 Å². The van der Waals surface area contributed by atoms with Crippen LogP contribution in [-0.4, -0.2) is 26.2 Å². The molecule has 0 aromatic carbocycles. The molecule has 0 spiro atoms. The number of aromatic amines is 1. The molecule has 0 aliphatic heterocycles. The number of anilines is 2. The number of aromatic nitrogens is 4. The molecule has 6 nitrogen and oxygen atoms in total. The van der Waals surface area contributed by atoms with Crippen molar-refractivity contribution < 1.29 is 0 Å². The van der Waals surface area contributed by atoms with Crippen molar-refractivity contribution in [2.75, 3.05) is 11.1 Å². The van der Waals surface area contributed by atoms with Crippen LogP contribution in [0.2, 0.25) is 0 Å². The SMILES string of the molecule is CC[C@H](C)Nc1nc(N)nc2[nH]nc(C)c12. The Morgan fingerprint density at radius 3 is 2.88 bits per heavy atom. The maximum Gasteiger partial charge on any atom is 0.224 e. The highest BCUT2D eigenvalue weighted by Crippen LogP contribution is 2.23. The maximum absolute atomic E-state index is 5.64. The van der Waals surface area contributed by atoms with Crippen LogP contribution in [-0.2, 0) is 0 Å². The second kappa shape index (κ2) is 3.96. The van der Waals surface area contributed by atoms with Gasteiger partial charge in [0.1, 0.15) is 5.82 Å². The Labute approximate surface area is 93.7 Å². The normalized spacial score (nSPS) is 12.9. The predicted octanol–water partition coefficient (Wildman–Crippen LogP) is 1.45. The number of fused-ring (bicyclic) bond motifs is 1. The molecule has 4 N–H and O–H groups in total. The van der Waals surface area contributed by atoms with Gasteiger partial charge >= 0.3 is 0 Å². The number of rotatable bonds is 3. The molecule has 86 valence electrons. The van der Waals surface area contributed by atoms with Crippen LogP contribution in [0.1, 0.15) is 26.0 Å². The minimum atomic E-state index is 0.252. The van der Waals surface area contributed by atoms with Gasteiger partial charge in [0, 0.05) is 6.04 Å². The summed E-state index contributed by atoms with van der Waals surface area (Å²) in [6, 6.07) is 0.340. The lowest BCUT2D eigenvalue weighted by molar-refractivity contribution is 0.760. The van der Waals surface area contributed by atoms with E-state index in [0.29, 0.717) is 11.7 Å². The summed E-state index contributed by atoms with van der Waals surface area (Å²) in [5.41, 5.74) is 7.19. The molecule has 16 heavy (non-hydrogen) atoms. The molecule has 2 heterocycles. The third kappa shape index (κ3) is 1.78. The first-order chi connectivity index (χ1) is 7.61. The fourth-order valence-corrected chi connectivity index (χ4v) is 1.53. The fourth-order valence-electron chi connectivity index (χ4n) is 1.53. The first-order valence-electron chi connectivity index (χ1n) is 5.36. The second-order valence-electron chi connectivity index (χ2n) is 3.92. The number of nitrogens with two attached hydrogens (primary N) is 1. The van der Waals surface area contributed by atoms with Crippen molar-refractivity contribution in [3.63, 3.8) is 0 Å². The summed E-state index contributed by atoms with van der Waals surface area (Å²) in [7, 11) is 0. The van der Waals surface area contributed by atoms with Crippen molar-refractivity contribution >= 4 is 22.8 Å². The number of nitrogen functional groups attached to an aromatic ring is 1. The van der Waals surface area contributed by atoms with Crippen LogP contribution in [0.4, 0.5) is 11.8 Å². The number of hydrogen-bond acceptors (Lipinski definition) is 5. The van der Waals surface area contributed by atoms with Gasteiger partial charge in [-0.2, -0.15) is 15.1 Å². The summed E-state index contributed by atoms with van der Waals surface area (Å²) in [5, 5.41) is 11.2. The summed E-state index contributed by atoms with van der Waals surface area (Å²) in [4.78, 5) is 8.32. The molecule has 0 fully saturated rings. The topological polar surface area (TPSA) is 92.5 Å². The molecule has 0 unspecified atom stereocenters. The van der Waals surface area contributed by atoms with Gasteiger partial charge in [0.05, 0.1) is 11.1 Å². The third-order valence-electron chi connectivity index (χ3n) is 2.61. The standard InChI is InChI=1S/C10H16N6/c1-4-5(2)12-8-7-6(3)15-16-9(7)14-10(11)13-8/h5H,4H2,1-3H3,(H4,11,12,13,14,15,16)/t5-/m0/s1. The Bertz CT molecular complexity index is 503. The van der Waals surface area contributed by atoms with E-state index >= 15 is 0 Å². The highest BCUT2D eigenvalue weighted by molar-refractivity contribution is 5.89. The smallest absolute Gasteiger partial charge is 0.224 e. The van der Waals surface area contributed by atoms with E-state index in [1.54, 1.807) is 0 Å². The molecule has 0 saturated heterocycles. The monoisotopic (exact) mass is 220 g/mol. The van der Waals surface area contributed by atoms with Crippen molar-refractivity contribution in [2.45, 2.75) is 33.2 Å². The molecule has 0 aliphatic rings. The van der Waals surface area contributed by atoms with Gasteiger partial charge in [0.2, 0.25) is 5.95 Å². The average molecular weight is 220 g/mol. The highest BCUT2D eigenvalue weighted by Gasteiger charge is 2.12. The van der Waals surface area contributed by atoms with Crippen molar-refractivity contribution in [3.05, 3.63) is 5.69 Å². The lowest BCUT2D eigenvalue weighted by Crippen LogP contribution is -2.15. The molecule has 0 radical (unpaired) electrons. The molecule has 2 rings (SSSR count). The van der Waals surface area contributed by atoms with Crippen LogP contribution in [0, 0.1) is 6.92 Å². The van der Waals surface area contributed by atoms with E-state index in [4.69, 9.17) is 5.73 Å². The molecular formula is C10H16N6. The van der Waals surface area contributed by atoms with E-state index in [1.165, 1.54) is 0 Å². The van der Waals surface area contributed by atoms with Crippen molar-refractivity contribution in [1.29, 1.82) is 0 Å². The molecule has 0 aliphatic carbocycles. The summed E-state index contributed by atoms with van der Waals surface area (Å²) in [5.74, 6) is 1.00. The number of H-pyrrole nitrogens is 1. The van der Waals surface area contributed by atoms with E-state index in [0.717, 1.165) is 23.3 Å². The Morgan fingerprint density at radius 2 is 2.19 bits per heavy atom. The summed E-state index contributed by atoms with van der Waals surface area (Å²) < 4.78 is 0. The fraction of sp³-hybridized carbons (Fsp3) is 0.500. The van der Waals surface area contributed by atoms with Gasteiger partial charge in [-0.15, -0.1) is 0 Å². The first kappa shape index (κ1) is 10.7. The average Bonchev–Trinajstić information content (AvgIpc) is 2.60. The van der Waals surface area contributed by atoms with Crippen LogP contribution >= 0.6 is 0 Å². The number of aryl methyl sites for hydroxylation is 1. The van der Waals surface area contributed by atoms with Crippen LogP contribution in [0.3, 0.4) is 0 Å². The minimum absolute atomic E-state index is 0.252. The second-order valence-corrected chi connectivity index (χ2v) is 3.92. The van der Waals surface area contributed by atoms with Gasteiger partial charge in [-0.3, -0.25) is 5.10 Å². The van der Waals surface area contributed by atoms with Gasteiger partial charge in [0.15, 0.2) is 5.65 Å². The summed E-state index contributed by atoms with van der Waals surface area (Å²) >= 11 is 0. The Morgan fingerprint density at radius 1 is 1.44 bits per heavy atom. The van der Waals surface area contributed by atoms with E-state index in [9.17, 15) is 0 Å². The Kier molecular flexibility index (Phi) is 2.64. The predicted molar refractivity (Wildman–Crippen MR) is 64.2 cm³/mol. The van der Waals surface area contributed by atoms with Gasteiger partial charge in [-0.1, -0.05) is 6.92 Å². The Balaban J connectivity index is 2.53. The van der Waals surface area contributed by atoms with E-state index in [1.807, 2.05) is 6.92 Å². The van der Waals surface area contributed by atoms with Crippen LogP contribution < -0.4 is 11.1 Å². The highest BCUT2D eigenvalue weighted by atomic mass is 15.2. The molecule has 2 aromatic heterocycles. The van der Waals surface area contributed by atoms with Crippen LogP contribution in [0.15, 0.2) is 0 Å². The number of hydrogen-bond donors (Lipinski definition) is 3. The number of nitrogens with zero attached hydrogens (tertiary/aromatic N) is 3. The minimum Gasteiger partial charge on any atom is -0.368 e. The van der Waals surface area contributed by atoms with Gasteiger partial charge in [-0.05, 0) is 20.3 Å². The van der Waals surface area contributed by atoms with Crippen molar-refractivity contribution in [2.24, 2.45) is 0 Å². The zero-order chi connectivity index (χ0) is 11.7. The lowest BCUT2D eigenvalue weighted by Gasteiger charge is -2.13. The molecule has 0 saturated carbocycles. The lowest BCUT2D eigenvalue weighted by atomic mass is 10.2. The van der Waals surface area contributed by atoms with Gasteiger partial charge in [0.25, 0.3) is 0 Å². The van der Waals surface area contributed by atoms with Crippen LogP contribution in [0.5, 0.6) is 0 Å². The third-order valence-corrected chi connectivity index (χ3v) is 2.61. The largest absolute Gasteiger partial charge is 0.368 e. The molecule has 1 atom stereocenters. The molecule has 6 heteroatoms. The van der Waals surface area contributed by atoms with E-state index in [2.05, 4.69) is 39.3 Å². The maximum atomic E-state index is 5.64. The van der Waals surface area contributed by atoms with Gasteiger partial charge < -0.3 is 11.1 Å². The zero-order valence-corrected chi connectivity index (χ0v) is 9.70. The quantitative estimate of drug-likeness (QED) is 0.728. The molecule has 0 bridgehead atoms. The Hall–Kier alpha value is -1.85. The summed E-state index contributed by atoms with van der Waals surface area (Å²) in [6.45, 7) is 6.13. The first-order valence-corrected chi connectivity index (χ1v) is 5.36.